The molecular formula is C17H19ClN2O2S. The lowest BCUT2D eigenvalue weighted by atomic mass is 9.79. The number of carbonyl (C=O) groups excluding carboxylic acids is 1. The highest BCUT2D eigenvalue weighted by Crippen LogP contribution is 2.34. The molecule has 0 unspecified atom stereocenters. The van der Waals surface area contributed by atoms with Gasteiger partial charge in [-0.1, -0.05) is 0 Å². The highest BCUT2D eigenvalue weighted by atomic mass is 35.5. The van der Waals surface area contributed by atoms with Crippen molar-refractivity contribution in [2.24, 2.45) is 5.92 Å². The Morgan fingerprint density at radius 1 is 1.30 bits per heavy atom. The van der Waals surface area contributed by atoms with E-state index in [1.165, 1.54) is 37.3 Å². The summed E-state index contributed by atoms with van der Waals surface area (Å²) in [6, 6.07) is 7.99. The number of carbonyl (C=O) groups is 1. The van der Waals surface area contributed by atoms with E-state index in [1.54, 1.807) is 6.07 Å². The third-order valence-corrected chi connectivity index (χ3v) is 6.42. The smallest absolute Gasteiger partial charge is 0.261 e. The summed E-state index contributed by atoms with van der Waals surface area (Å²) in [5.41, 5.74) is 0. The van der Waals surface area contributed by atoms with Crippen LogP contribution in [0.15, 0.2) is 28.7 Å². The highest BCUT2D eigenvalue weighted by Gasteiger charge is 2.40. The van der Waals surface area contributed by atoms with E-state index in [-0.39, 0.29) is 11.9 Å². The molecule has 3 fully saturated rings. The predicted molar refractivity (Wildman–Crippen MR) is 92.0 cm³/mol. The molecule has 2 atom stereocenters. The molecule has 4 nitrogen and oxygen atoms in total. The Morgan fingerprint density at radius 2 is 2.09 bits per heavy atom. The lowest BCUT2D eigenvalue weighted by Crippen LogP contribution is -2.62. The van der Waals surface area contributed by atoms with Crippen LogP contribution in [0.1, 0.15) is 29.4 Å². The summed E-state index contributed by atoms with van der Waals surface area (Å²) >= 11 is 7.25. The molecule has 3 saturated heterocycles. The maximum Gasteiger partial charge on any atom is 0.261 e. The van der Waals surface area contributed by atoms with Crippen molar-refractivity contribution in [2.45, 2.75) is 31.8 Å². The van der Waals surface area contributed by atoms with E-state index in [9.17, 15) is 4.79 Å². The number of fused-ring (bicyclic) bond motifs is 3. The van der Waals surface area contributed by atoms with E-state index >= 15 is 0 Å². The van der Waals surface area contributed by atoms with Crippen LogP contribution in [0.25, 0.3) is 10.6 Å². The third-order valence-electron chi connectivity index (χ3n) is 5.12. The van der Waals surface area contributed by atoms with Gasteiger partial charge in [0.25, 0.3) is 5.91 Å². The van der Waals surface area contributed by atoms with Crippen molar-refractivity contribution < 1.29 is 9.21 Å². The van der Waals surface area contributed by atoms with Crippen molar-refractivity contribution in [1.29, 1.82) is 0 Å². The average Bonchev–Trinajstić information content (AvgIpc) is 3.20. The molecule has 1 amide bonds. The lowest BCUT2D eigenvalue weighted by molar-refractivity contribution is 0.0218. The molecule has 0 saturated carbocycles. The van der Waals surface area contributed by atoms with E-state index < -0.39 is 0 Å². The summed E-state index contributed by atoms with van der Waals surface area (Å²) in [6.45, 7) is 4.56. The summed E-state index contributed by atoms with van der Waals surface area (Å²) in [7, 11) is 0. The van der Waals surface area contributed by atoms with Gasteiger partial charge in [-0.3, -0.25) is 9.69 Å². The first kappa shape index (κ1) is 15.2. The minimum Gasteiger partial charge on any atom is -0.444 e. The number of nitrogens with one attached hydrogen (secondary N) is 1. The second-order valence-corrected chi connectivity index (χ2v) is 7.84. The predicted octanol–water partition coefficient (Wildman–Crippen LogP) is 3.87. The van der Waals surface area contributed by atoms with Crippen LogP contribution in [-0.2, 0) is 0 Å². The van der Waals surface area contributed by atoms with Crippen molar-refractivity contribution in [3.63, 3.8) is 0 Å². The molecule has 1 N–H and O–H groups in total. The SMILES string of the molecule is C[C@H]1[C@H](NC(=O)c2ccc(-c3ccc(Cl)o3)s2)C2CCN1CC2. The number of nitrogens with zero attached hydrogens (tertiary/aromatic N) is 1. The Bertz CT molecular complexity index is 716. The van der Waals surface area contributed by atoms with Crippen LogP contribution >= 0.6 is 22.9 Å². The summed E-state index contributed by atoms with van der Waals surface area (Å²) < 4.78 is 5.41. The summed E-state index contributed by atoms with van der Waals surface area (Å²) in [5, 5.41) is 3.62. The van der Waals surface area contributed by atoms with Gasteiger partial charge in [-0.2, -0.15) is 0 Å². The molecule has 2 bridgehead atoms. The molecule has 3 aliphatic heterocycles. The molecule has 5 heterocycles. The molecule has 0 radical (unpaired) electrons. The van der Waals surface area contributed by atoms with Gasteiger partial charge in [-0.25, -0.2) is 0 Å². The van der Waals surface area contributed by atoms with Gasteiger partial charge in [0.1, 0.15) is 5.76 Å². The second kappa shape index (κ2) is 5.96. The maximum absolute atomic E-state index is 12.6. The fourth-order valence-electron chi connectivity index (χ4n) is 3.81. The summed E-state index contributed by atoms with van der Waals surface area (Å²) in [4.78, 5) is 16.7. The zero-order chi connectivity index (χ0) is 16.0. The van der Waals surface area contributed by atoms with Gasteiger partial charge in [0, 0.05) is 12.1 Å². The Morgan fingerprint density at radius 3 is 2.74 bits per heavy atom. The number of furan rings is 1. The van der Waals surface area contributed by atoms with Crippen molar-refractivity contribution in [3.05, 3.63) is 34.4 Å². The fourth-order valence-corrected chi connectivity index (χ4v) is 4.82. The molecule has 122 valence electrons. The lowest BCUT2D eigenvalue weighted by Gasteiger charge is -2.49. The highest BCUT2D eigenvalue weighted by molar-refractivity contribution is 7.17. The Kier molecular flexibility index (Phi) is 3.95. The van der Waals surface area contributed by atoms with Gasteiger partial charge in [-0.15, -0.1) is 11.3 Å². The van der Waals surface area contributed by atoms with Crippen molar-refractivity contribution in [2.75, 3.05) is 13.1 Å². The monoisotopic (exact) mass is 350 g/mol. The normalized spacial score (nSPS) is 29.7. The molecule has 2 aromatic heterocycles. The van der Waals surface area contributed by atoms with Gasteiger partial charge in [0.2, 0.25) is 0 Å². The Labute approximate surface area is 144 Å². The second-order valence-electron chi connectivity index (χ2n) is 6.38. The first-order valence-electron chi connectivity index (χ1n) is 8.02. The van der Waals surface area contributed by atoms with E-state index in [0.717, 1.165) is 9.75 Å². The molecule has 3 aliphatic rings. The Balaban J connectivity index is 1.48. The van der Waals surface area contributed by atoms with E-state index in [4.69, 9.17) is 16.0 Å². The van der Waals surface area contributed by atoms with Crippen LogP contribution in [0.4, 0.5) is 0 Å². The minimum absolute atomic E-state index is 0.0181. The maximum atomic E-state index is 12.6. The molecule has 0 aromatic carbocycles. The van der Waals surface area contributed by atoms with Crippen molar-refractivity contribution >= 4 is 28.8 Å². The van der Waals surface area contributed by atoms with E-state index in [1.807, 2.05) is 18.2 Å². The van der Waals surface area contributed by atoms with E-state index in [2.05, 4.69) is 17.1 Å². The molecule has 6 heteroatoms. The summed E-state index contributed by atoms with van der Waals surface area (Å²) in [6.07, 6.45) is 2.38. The number of hydrogen-bond acceptors (Lipinski definition) is 4. The first-order chi connectivity index (χ1) is 11.1. The number of rotatable bonds is 3. The number of hydrogen-bond donors (Lipinski definition) is 1. The fraction of sp³-hybridized carbons (Fsp3) is 0.471. The standard InChI is InChI=1S/C17H19ClN2O2S/c1-10-16(11-6-8-20(10)9-7-11)19-17(21)14-4-3-13(23-14)12-2-5-15(18)22-12/h2-5,10-11,16H,6-9H2,1H3,(H,19,21)/t10-,16-/m0/s1. The van der Waals surface area contributed by atoms with Gasteiger partial charge in [0.05, 0.1) is 9.75 Å². The van der Waals surface area contributed by atoms with E-state index in [0.29, 0.717) is 22.9 Å². The van der Waals surface area contributed by atoms with Crippen molar-refractivity contribution in [3.8, 4) is 10.6 Å². The zero-order valence-corrected chi connectivity index (χ0v) is 14.5. The number of piperidine rings is 3. The topological polar surface area (TPSA) is 45.5 Å². The van der Waals surface area contributed by atoms with Crippen LogP contribution in [0.2, 0.25) is 5.22 Å². The minimum atomic E-state index is 0.0181. The van der Waals surface area contributed by atoms with Crippen LogP contribution < -0.4 is 5.32 Å². The summed E-state index contributed by atoms with van der Waals surface area (Å²) in [5.74, 6) is 1.34. The molecule has 2 aromatic rings. The van der Waals surface area contributed by atoms with Crippen LogP contribution in [0.5, 0.6) is 0 Å². The van der Waals surface area contributed by atoms with Gasteiger partial charge in [0.15, 0.2) is 5.22 Å². The zero-order valence-electron chi connectivity index (χ0n) is 12.9. The molecule has 0 aliphatic carbocycles. The van der Waals surface area contributed by atoms with Gasteiger partial charge in [-0.05, 0) is 74.6 Å². The Hall–Kier alpha value is -1.30. The van der Waals surface area contributed by atoms with Crippen LogP contribution in [0, 0.1) is 5.92 Å². The van der Waals surface area contributed by atoms with Crippen LogP contribution in [-0.4, -0.2) is 36.0 Å². The van der Waals surface area contributed by atoms with Crippen LogP contribution in [0.3, 0.4) is 0 Å². The average molecular weight is 351 g/mol. The van der Waals surface area contributed by atoms with Gasteiger partial charge >= 0.3 is 0 Å². The molecular weight excluding hydrogens is 332 g/mol. The third kappa shape index (κ3) is 2.82. The van der Waals surface area contributed by atoms with Gasteiger partial charge < -0.3 is 9.73 Å². The quantitative estimate of drug-likeness (QED) is 0.913. The number of halogens is 1. The largest absolute Gasteiger partial charge is 0.444 e. The molecule has 0 spiro atoms. The molecule has 23 heavy (non-hydrogen) atoms. The van der Waals surface area contributed by atoms with Crippen molar-refractivity contribution in [1.82, 2.24) is 10.2 Å². The number of amides is 1. The number of thiophene rings is 1. The molecule has 5 rings (SSSR count). The first-order valence-corrected chi connectivity index (χ1v) is 9.22.